The fourth-order valence-corrected chi connectivity index (χ4v) is 2.27. The molecule has 0 aliphatic carbocycles. The molecule has 1 aromatic carbocycles. The molecule has 0 radical (unpaired) electrons. The predicted molar refractivity (Wildman–Crippen MR) is 71.3 cm³/mol. The first-order valence-corrected chi connectivity index (χ1v) is 6.69. The average Bonchev–Trinajstić information content (AvgIpc) is 2.39. The molecule has 1 aromatic heterocycles. The number of thioether (sulfide) groups is 1. The van der Waals surface area contributed by atoms with Crippen LogP contribution in [0.2, 0.25) is 0 Å². The Morgan fingerprint density at radius 2 is 1.80 bits per heavy atom. The van der Waals surface area contributed by atoms with Crippen molar-refractivity contribution in [1.29, 1.82) is 0 Å². The van der Waals surface area contributed by atoms with Gasteiger partial charge in [-0.3, -0.25) is 4.98 Å². The fraction of sp³-hybridized carbons (Fsp3) is 0.214. The Kier molecular flexibility index (Phi) is 4.67. The molecule has 2 nitrogen and oxygen atoms in total. The van der Waals surface area contributed by atoms with Gasteiger partial charge in [0.25, 0.3) is 0 Å². The van der Waals surface area contributed by atoms with E-state index in [9.17, 15) is 18.3 Å². The molecule has 20 heavy (non-hydrogen) atoms. The third-order valence-electron chi connectivity index (χ3n) is 2.63. The van der Waals surface area contributed by atoms with Crippen molar-refractivity contribution in [3.05, 3.63) is 59.9 Å². The van der Waals surface area contributed by atoms with Crippen molar-refractivity contribution in [3.63, 3.8) is 0 Å². The molecule has 0 saturated carbocycles. The van der Waals surface area contributed by atoms with Gasteiger partial charge in [-0.25, -0.2) is 0 Å². The number of pyridine rings is 1. The number of benzene rings is 1. The third kappa shape index (κ3) is 4.54. The first-order valence-electron chi connectivity index (χ1n) is 5.88. The Morgan fingerprint density at radius 1 is 1.10 bits per heavy atom. The summed E-state index contributed by atoms with van der Waals surface area (Å²) < 4.78 is 36.6. The average molecular weight is 299 g/mol. The van der Waals surface area contributed by atoms with E-state index in [0.717, 1.165) is 5.69 Å². The molecule has 0 aliphatic rings. The smallest absolute Gasteiger partial charge is 0.388 e. The zero-order chi connectivity index (χ0) is 14.6. The largest absolute Gasteiger partial charge is 0.446 e. The first-order chi connectivity index (χ1) is 9.44. The van der Waals surface area contributed by atoms with Gasteiger partial charge in [0.1, 0.15) is 0 Å². The number of aromatic nitrogens is 1. The number of aliphatic hydroxyl groups is 1. The maximum atomic E-state index is 12.2. The lowest BCUT2D eigenvalue weighted by Crippen LogP contribution is -2.03. The van der Waals surface area contributed by atoms with E-state index in [1.807, 2.05) is 6.07 Å². The van der Waals surface area contributed by atoms with Gasteiger partial charge in [0.05, 0.1) is 6.10 Å². The van der Waals surface area contributed by atoms with Gasteiger partial charge in [-0.2, -0.15) is 13.2 Å². The Balaban J connectivity index is 2.02. The lowest BCUT2D eigenvalue weighted by molar-refractivity contribution is -0.0328. The van der Waals surface area contributed by atoms with Crippen LogP contribution in [-0.4, -0.2) is 15.6 Å². The Bertz CT molecular complexity index is 543. The Hall–Kier alpha value is -1.53. The minimum absolute atomic E-state index is 0.103. The molecule has 2 aromatic rings. The van der Waals surface area contributed by atoms with E-state index in [1.165, 1.54) is 24.3 Å². The molecule has 0 saturated heterocycles. The SMILES string of the molecule is OC(Cc1ccccn1)c1ccc(SC(F)(F)F)cc1. The fourth-order valence-electron chi connectivity index (χ4n) is 1.73. The number of alkyl halides is 3. The summed E-state index contributed by atoms with van der Waals surface area (Å²) in [6.45, 7) is 0. The van der Waals surface area contributed by atoms with E-state index in [2.05, 4.69) is 4.98 Å². The molecule has 0 fully saturated rings. The van der Waals surface area contributed by atoms with Crippen LogP contribution in [0.15, 0.2) is 53.6 Å². The highest BCUT2D eigenvalue weighted by Crippen LogP contribution is 2.37. The van der Waals surface area contributed by atoms with Crippen molar-refractivity contribution in [2.24, 2.45) is 0 Å². The molecule has 2 rings (SSSR count). The van der Waals surface area contributed by atoms with Crippen LogP contribution in [0, 0.1) is 0 Å². The van der Waals surface area contributed by atoms with E-state index < -0.39 is 11.6 Å². The van der Waals surface area contributed by atoms with E-state index in [0.29, 0.717) is 12.0 Å². The molecule has 0 amide bonds. The topological polar surface area (TPSA) is 33.1 Å². The van der Waals surface area contributed by atoms with Gasteiger partial charge in [-0.05, 0) is 41.6 Å². The summed E-state index contributed by atoms with van der Waals surface area (Å²) in [5.41, 5.74) is -3.00. The molecule has 0 bridgehead atoms. The number of halogens is 3. The lowest BCUT2D eigenvalue weighted by Gasteiger charge is -2.11. The highest BCUT2D eigenvalue weighted by atomic mass is 32.2. The van der Waals surface area contributed by atoms with Crippen molar-refractivity contribution in [1.82, 2.24) is 4.98 Å². The van der Waals surface area contributed by atoms with Crippen LogP contribution in [0.25, 0.3) is 0 Å². The summed E-state index contributed by atoms with van der Waals surface area (Å²) >= 11 is -0.169. The number of nitrogens with zero attached hydrogens (tertiary/aromatic N) is 1. The molecule has 1 unspecified atom stereocenters. The molecular formula is C14H12F3NOS. The predicted octanol–water partition coefficient (Wildman–Crippen LogP) is 3.97. The summed E-state index contributed by atoms with van der Waals surface area (Å²) in [5.74, 6) is 0. The number of hydrogen-bond acceptors (Lipinski definition) is 3. The molecule has 0 aliphatic heterocycles. The Labute approximate surface area is 118 Å². The highest BCUT2D eigenvalue weighted by Gasteiger charge is 2.29. The van der Waals surface area contributed by atoms with Crippen LogP contribution in [0.5, 0.6) is 0 Å². The van der Waals surface area contributed by atoms with E-state index in [4.69, 9.17) is 0 Å². The number of aliphatic hydroxyl groups excluding tert-OH is 1. The van der Waals surface area contributed by atoms with Crippen LogP contribution < -0.4 is 0 Å². The zero-order valence-electron chi connectivity index (χ0n) is 10.3. The molecule has 0 spiro atoms. The lowest BCUT2D eigenvalue weighted by atomic mass is 10.0. The van der Waals surface area contributed by atoms with Crippen molar-refractivity contribution in [2.45, 2.75) is 22.9 Å². The van der Waals surface area contributed by atoms with Crippen LogP contribution in [0.3, 0.4) is 0 Å². The van der Waals surface area contributed by atoms with E-state index in [1.54, 1.807) is 18.3 Å². The molecule has 1 heterocycles. The standard InChI is InChI=1S/C14H12F3NOS/c15-14(16,17)20-12-6-4-10(5-7-12)13(19)9-11-3-1-2-8-18-11/h1-8,13,19H,9H2. The summed E-state index contributed by atoms with van der Waals surface area (Å²) in [6, 6.07) is 11.1. The van der Waals surface area contributed by atoms with Crippen molar-refractivity contribution in [2.75, 3.05) is 0 Å². The maximum absolute atomic E-state index is 12.2. The monoisotopic (exact) mass is 299 g/mol. The summed E-state index contributed by atoms with van der Waals surface area (Å²) in [5, 5.41) is 10.0. The summed E-state index contributed by atoms with van der Waals surface area (Å²) in [7, 11) is 0. The number of rotatable bonds is 4. The van der Waals surface area contributed by atoms with Crippen LogP contribution in [0.4, 0.5) is 13.2 Å². The van der Waals surface area contributed by atoms with E-state index in [-0.39, 0.29) is 16.7 Å². The zero-order valence-corrected chi connectivity index (χ0v) is 11.2. The van der Waals surface area contributed by atoms with Crippen LogP contribution in [-0.2, 0) is 6.42 Å². The molecular weight excluding hydrogens is 287 g/mol. The summed E-state index contributed by atoms with van der Waals surface area (Å²) in [6.07, 6.45) is 1.17. The maximum Gasteiger partial charge on any atom is 0.446 e. The van der Waals surface area contributed by atoms with E-state index >= 15 is 0 Å². The van der Waals surface area contributed by atoms with Crippen LogP contribution >= 0.6 is 11.8 Å². The first kappa shape index (κ1) is 14.9. The third-order valence-corrected chi connectivity index (χ3v) is 3.37. The second-order valence-corrected chi connectivity index (χ2v) is 5.30. The molecule has 6 heteroatoms. The molecule has 1 N–H and O–H groups in total. The van der Waals surface area contributed by atoms with Crippen molar-refractivity contribution < 1.29 is 18.3 Å². The van der Waals surface area contributed by atoms with Gasteiger partial charge in [-0.15, -0.1) is 0 Å². The van der Waals surface area contributed by atoms with Crippen molar-refractivity contribution in [3.8, 4) is 0 Å². The quantitative estimate of drug-likeness (QED) is 0.867. The van der Waals surface area contributed by atoms with Crippen LogP contribution in [0.1, 0.15) is 17.4 Å². The highest BCUT2D eigenvalue weighted by molar-refractivity contribution is 8.00. The summed E-state index contributed by atoms with van der Waals surface area (Å²) in [4.78, 5) is 4.20. The normalized spacial score (nSPS) is 13.2. The minimum Gasteiger partial charge on any atom is -0.388 e. The van der Waals surface area contributed by atoms with Gasteiger partial charge in [0.2, 0.25) is 0 Å². The van der Waals surface area contributed by atoms with Crippen molar-refractivity contribution >= 4 is 11.8 Å². The minimum atomic E-state index is -4.30. The Morgan fingerprint density at radius 3 is 2.35 bits per heavy atom. The van der Waals surface area contributed by atoms with Gasteiger partial charge in [0, 0.05) is 23.2 Å². The second-order valence-electron chi connectivity index (χ2n) is 4.16. The molecule has 1 atom stereocenters. The van der Waals surface area contributed by atoms with Gasteiger partial charge >= 0.3 is 5.51 Å². The van der Waals surface area contributed by atoms with Gasteiger partial charge in [0.15, 0.2) is 0 Å². The van der Waals surface area contributed by atoms with Gasteiger partial charge < -0.3 is 5.11 Å². The molecule has 106 valence electrons. The second kappa shape index (κ2) is 6.28. The number of hydrogen-bond donors (Lipinski definition) is 1. The van der Waals surface area contributed by atoms with Gasteiger partial charge in [-0.1, -0.05) is 18.2 Å².